The molecule has 1 fully saturated rings. The number of sulfone groups is 1. The molecular formula is C11H16N2O2S2. The first-order valence-corrected chi connectivity index (χ1v) is 7.96. The van der Waals surface area contributed by atoms with Gasteiger partial charge in [-0.2, -0.15) is 0 Å². The zero-order valence-corrected chi connectivity index (χ0v) is 11.6. The summed E-state index contributed by atoms with van der Waals surface area (Å²) in [6.07, 6.45) is 1.49. The van der Waals surface area contributed by atoms with Crippen molar-refractivity contribution in [2.24, 2.45) is 0 Å². The van der Waals surface area contributed by atoms with Gasteiger partial charge in [-0.3, -0.25) is 0 Å². The van der Waals surface area contributed by atoms with Gasteiger partial charge in [-0.1, -0.05) is 19.1 Å². The third-order valence-corrected chi connectivity index (χ3v) is 5.33. The number of nitrogens with zero attached hydrogens (tertiary/aromatic N) is 1. The quantitative estimate of drug-likeness (QED) is 0.835. The molecule has 1 aliphatic rings. The molecule has 6 heteroatoms. The van der Waals surface area contributed by atoms with Crippen molar-refractivity contribution in [3.05, 3.63) is 21.7 Å². The Morgan fingerprint density at radius 3 is 2.71 bits per heavy atom. The molecule has 1 saturated heterocycles. The van der Waals surface area contributed by atoms with Crippen molar-refractivity contribution in [1.82, 2.24) is 9.97 Å². The summed E-state index contributed by atoms with van der Waals surface area (Å²) in [5.41, 5.74) is 2.05. The van der Waals surface area contributed by atoms with E-state index in [0.717, 1.165) is 23.5 Å². The second kappa shape index (κ2) is 4.49. The summed E-state index contributed by atoms with van der Waals surface area (Å²) in [5, 5.41) is 0. The number of aryl methyl sites for hydroxylation is 1. The molecule has 1 unspecified atom stereocenters. The third-order valence-electron chi connectivity index (χ3n) is 3.22. The van der Waals surface area contributed by atoms with Gasteiger partial charge in [0.2, 0.25) is 0 Å². The standard InChI is InChI=1S/C11H16N2O2S2/c1-3-9-7(2)12-10(13-11(9)16)8-4-5-17(14,15)6-8/h8H,3-6H2,1-2H3,(H,12,13,16). The van der Waals surface area contributed by atoms with Crippen LogP contribution in [0.5, 0.6) is 0 Å². The fourth-order valence-corrected chi connectivity index (χ4v) is 4.40. The molecule has 1 aliphatic heterocycles. The van der Waals surface area contributed by atoms with Crippen LogP contribution >= 0.6 is 12.2 Å². The molecule has 2 heterocycles. The number of aromatic amines is 1. The fourth-order valence-electron chi connectivity index (χ4n) is 2.25. The van der Waals surface area contributed by atoms with Crippen LogP contribution in [-0.4, -0.2) is 29.9 Å². The molecule has 17 heavy (non-hydrogen) atoms. The summed E-state index contributed by atoms with van der Waals surface area (Å²) in [7, 11) is -2.88. The molecule has 0 bridgehead atoms. The molecule has 94 valence electrons. The smallest absolute Gasteiger partial charge is 0.151 e. The van der Waals surface area contributed by atoms with E-state index < -0.39 is 9.84 Å². The van der Waals surface area contributed by atoms with E-state index in [1.807, 2.05) is 13.8 Å². The molecule has 0 spiro atoms. The predicted octanol–water partition coefficient (Wildman–Crippen LogP) is 1.91. The molecule has 2 rings (SSSR count). The molecule has 0 amide bonds. The Kier molecular flexibility index (Phi) is 3.36. The second-order valence-electron chi connectivity index (χ2n) is 4.48. The van der Waals surface area contributed by atoms with Crippen LogP contribution in [0.2, 0.25) is 0 Å². The van der Waals surface area contributed by atoms with Crippen molar-refractivity contribution in [2.75, 3.05) is 11.5 Å². The van der Waals surface area contributed by atoms with E-state index >= 15 is 0 Å². The van der Waals surface area contributed by atoms with Gasteiger partial charge in [-0.15, -0.1) is 0 Å². The number of hydrogen-bond acceptors (Lipinski definition) is 4. The van der Waals surface area contributed by atoms with Gasteiger partial charge in [-0.05, 0) is 19.8 Å². The van der Waals surface area contributed by atoms with Crippen molar-refractivity contribution in [3.63, 3.8) is 0 Å². The van der Waals surface area contributed by atoms with Crippen molar-refractivity contribution >= 4 is 22.1 Å². The predicted molar refractivity (Wildman–Crippen MR) is 69.5 cm³/mol. The number of H-pyrrole nitrogens is 1. The highest BCUT2D eigenvalue weighted by Crippen LogP contribution is 2.27. The van der Waals surface area contributed by atoms with Crippen LogP contribution in [0, 0.1) is 11.6 Å². The lowest BCUT2D eigenvalue weighted by atomic mass is 10.1. The van der Waals surface area contributed by atoms with E-state index in [4.69, 9.17) is 12.2 Å². The Bertz CT molecular complexity index is 590. The average molecular weight is 272 g/mol. The largest absolute Gasteiger partial charge is 0.347 e. The van der Waals surface area contributed by atoms with E-state index in [2.05, 4.69) is 9.97 Å². The molecule has 1 N–H and O–H groups in total. The Morgan fingerprint density at radius 2 is 2.24 bits per heavy atom. The minimum Gasteiger partial charge on any atom is -0.347 e. The van der Waals surface area contributed by atoms with E-state index in [-0.39, 0.29) is 17.4 Å². The Hall–Kier alpha value is -0.750. The Morgan fingerprint density at radius 1 is 1.53 bits per heavy atom. The summed E-state index contributed by atoms with van der Waals surface area (Å²) in [4.78, 5) is 7.55. The van der Waals surface area contributed by atoms with Crippen LogP contribution in [0.1, 0.15) is 36.3 Å². The highest BCUT2D eigenvalue weighted by molar-refractivity contribution is 7.91. The molecule has 4 nitrogen and oxygen atoms in total. The van der Waals surface area contributed by atoms with Gasteiger partial charge in [-0.25, -0.2) is 13.4 Å². The Labute approximate surface area is 106 Å². The lowest BCUT2D eigenvalue weighted by molar-refractivity contribution is 0.601. The van der Waals surface area contributed by atoms with E-state index in [1.165, 1.54) is 0 Å². The van der Waals surface area contributed by atoms with Gasteiger partial charge in [0, 0.05) is 17.2 Å². The molecular weight excluding hydrogens is 256 g/mol. The Balaban J connectivity index is 2.39. The molecule has 1 aromatic heterocycles. The maximum absolute atomic E-state index is 11.4. The number of nitrogens with one attached hydrogen (secondary N) is 1. The van der Waals surface area contributed by atoms with Crippen molar-refractivity contribution in [3.8, 4) is 0 Å². The van der Waals surface area contributed by atoms with Crippen molar-refractivity contribution in [2.45, 2.75) is 32.6 Å². The van der Waals surface area contributed by atoms with Gasteiger partial charge in [0.25, 0.3) is 0 Å². The van der Waals surface area contributed by atoms with Crippen LogP contribution < -0.4 is 0 Å². The summed E-state index contributed by atoms with van der Waals surface area (Å²) >= 11 is 5.24. The monoisotopic (exact) mass is 272 g/mol. The van der Waals surface area contributed by atoms with Crippen LogP contribution in [0.15, 0.2) is 0 Å². The van der Waals surface area contributed by atoms with Crippen LogP contribution in [-0.2, 0) is 16.3 Å². The number of hydrogen-bond donors (Lipinski definition) is 1. The number of rotatable bonds is 2. The fraction of sp³-hybridized carbons (Fsp3) is 0.636. The summed E-state index contributed by atoms with van der Waals surface area (Å²) < 4.78 is 23.5. The van der Waals surface area contributed by atoms with E-state index in [1.54, 1.807) is 0 Å². The minimum absolute atomic E-state index is 0.0219. The normalized spacial score (nSPS) is 22.8. The summed E-state index contributed by atoms with van der Waals surface area (Å²) in [6, 6.07) is 0. The van der Waals surface area contributed by atoms with Crippen molar-refractivity contribution < 1.29 is 8.42 Å². The van der Waals surface area contributed by atoms with Gasteiger partial charge in [0.05, 0.1) is 11.5 Å². The molecule has 0 aromatic carbocycles. The van der Waals surface area contributed by atoms with Gasteiger partial charge < -0.3 is 4.98 Å². The van der Waals surface area contributed by atoms with Crippen LogP contribution in [0.3, 0.4) is 0 Å². The highest BCUT2D eigenvalue weighted by Gasteiger charge is 2.30. The summed E-state index contributed by atoms with van der Waals surface area (Å²) in [6.45, 7) is 4.00. The lowest BCUT2D eigenvalue weighted by Gasteiger charge is -2.11. The second-order valence-corrected chi connectivity index (χ2v) is 7.10. The first-order valence-electron chi connectivity index (χ1n) is 5.73. The van der Waals surface area contributed by atoms with Crippen LogP contribution in [0.25, 0.3) is 0 Å². The molecule has 1 atom stereocenters. The topological polar surface area (TPSA) is 62.8 Å². The first kappa shape index (κ1) is 12.7. The van der Waals surface area contributed by atoms with Gasteiger partial charge >= 0.3 is 0 Å². The van der Waals surface area contributed by atoms with Gasteiger partial charge in [0.1, 0.15) is 10.5 Å². The average Bonchev–Trinajstić information content (AvgIpc) is 2.58. The molecule has 0 radical (unpaired) electrons. The van der Waals surface area contributed by atoms with Gasteiger partial charge in [0.15, 0.2) is 9.84 Å². The first-order chi connectivity index (χ1) is 7.93. The zero-order valence-electron chi connectivity index (χ0n) is 9.99. The molecule has 0 saturated carbocycles. The lowest BCUT2D eigenvalue weighted by Crippen LogP contribution is -2.09. The minimum atomic E-state index is -2.88. The molecule has 0 aliphatic carbocycles. The van der Waals surface area contributed by atoms with Crippen LogP contribution in [0.4, 0.5) is 0 Å². The third kappa shape index (κ3) is 2.57. The highest BCUT2D eigenvalue weighted by atomic mass is 32.2. The maximum Gasteiger partial charge on any atom is 0.151 e. The van der Waals surface area contributed by atoms with E-state index in [0.29, 0.717) is 11.1 Å². The SMILES string of the molecule is CCc1c(C)[nH]c(C2CCS(=O)(=O)C2)nc1=S. The maximum atomic E-state index is 11.4. The summed E-state index contributed by atoms with van der Waals surface area (Å²) in [5.74, 6) is 1.15. The zero-order chi connectivity index (χ0) is 12.6. The van der Waals surface area contributed by atoms with E-state index in [9.17, 15) is 8.42 Å². The molecule has 1 aromatic rings. The van der Waals surface area contributed by atoms with Crippen molar-refractivity contribution in [1.29, 1.82) is 0 Å². The number of aromatic nitrogens is 2.